The molecule has 1 fully saturated rings. The van der Waals surface area contributed by atoms with Gasteiger partial charge in [-0.15, -0.1) is 0 Å². The third-order valence-corrected chi connectivity index (χ3v) is 7.12. The molecule has 2 atom stereocenters. The highest BCUT2D eigenvalue weighted by atomic mass is 16.5. The SMILES string of the molecule is Cc1ncccc1NC(=O)c1ccc2c(c1)COC(=O)C1CC(=O)CCC21Cc1ccccc1. The van der Waals surface area contributed by atoms with Crippen molar-refractivity contribution in [1.82, 2.24) is 4.98 Å². The van der Waals surface area contributed by atoms with E-state index >= 15 is 0 Å². The molecule has 0 radical (unpaired) electrons. The van der Waals surface area contributed by atoms with Crippen molar-refractivity contribution >= 4 is 23.3 Å². The summed E-state index contributed by atoms with van der Waals surface area (Å²) in [4.78, 5) is 42.7. The zero-order valence-corrected chi connectivity index (χ0v) is 19.0. The maximum absolute atomic E-state index is 13.1. The Labute approximate surface area is 198 Å². The number of nitrogens with zero attached hydrogens (tertiary/aromatic N) is 1. The number of rotatable bonds is 4. The van der Waals surface area contributed by atoms with Crippen molar-refractivity contribution in [3.05, 3.63) is 94.8 Å². The molecule has 0 spiro atoms. The van der Waals surface area contributed by atoms with E-state index in [1.165, 1.54) is 0 Å². The lowest BCUT2D eigenvalue weighted by atomic mass is 9.59. The molecule has 2 aromatic carbocycles. The number of amides is 1. The van der Waals surface area contributed by atoms with Crippen LogP contribution in [-0.2, 0) is 32.8 Å². The number of anilines is 1. The summed E-state index contributed by atoms with van der Waals surface area (Å²) in [5.41, 5.74) is 4.24. The summed E-state index contributed by atoms with van der Waals surface area (Å²) < 4.78 is 5.65. The number of ketones is 1. The Balaban J connectivity index is 1.55. The molecule has 1 aliphatic carbocycles. The largest absolute Gasteiger partial charge is 0.461 e. The van der Waals surface area contributed by atoms with Gasteiger partial charge in [0.2, 0.25) is 0 Å². The average Bonchev–Trinajstić information content (AvgIpc) is 2.96. The first-order valence-corrected chi connectivity index (χ1v) is 11.5. The summed E-state index contributed by atoms with van der Waals surface area (Å²) in [7, 11) is 0. The smallest absolute Gasteiger partial charge is 0.310 e. The molecular formula is C28H26N2O4. The second-order valence-electron chi connectivity index (χ2n) is 9.18. The Kier molecular flexibility index (Phi) is 5.74. The molecule has 1 saturated carbocycles. The Hall–Kier alpha value is -3.80. The molecule has 0 bridgehead atoms. The van der Waals surface area contributed by atoms with E-state index in [4.69, 9.17) is 4.74 Å². The van der Waals surface area contributed by atoms with Gasteiger partial charge in [-0.1, -0.05) is 36.4 Å². The molecule has 2 aliphatic rings. The predicted molar refractivity (Wildman–Crippen MR) is 127 cm³/mol. The van der Waals surface area contributed by atoms with Crippen LogP contribution in [0.2, 0.25) is 0 Å². The average molecular weight is 455 g/mol. The van der Waals surface area contributed by atoms with Gasteiger partial charge in [-0.2, -0.15) is 0 Å². The minimum Gasteiger partial charge on any atom is -0.461 e. The fourth-order valence-electron chi connectivity index (χ4n) is 5.36. The Morgan fingerprint density at radius 1 is 1.12 bits per heavy atom. The first-order valence-electron chi connectivity index (χ1n) is 11.5. The van der Waals surface area contributed by atoms with Crippen LogP contribution in [0.15, 0.2) is 66.9 Å². The molecule has 0 saturated heterocycles. The minimum atomic E-state index is -0.548. The summed E-state index contributed by atoms with van der Waals surface area (Å²) in [6.07, 6.45) is 3.51. The second-order valence-corrected chi connectivity index (χ2v) is 9.18. The lowest BCUT2D eigenvalue weighted by Crippen LogP contribution is -2.46. The van der Waals surface area contributed by atoms with E-state index in [1.54, 1.807) is 18.3 Å². The van der Waals surface area contributed by atoms with Crippen LogP contribution in [0.1, 0.15) is 52.0 Å². The number of pyridine rings is 1. The van der Waals surface area contributed by atoms with Crippen LogP contribution in [-0.4, -0.2) is 22.6 Å². The van der Waals surface area contributed by atoms with Gasteiger partial charge in [0.25, 0.3) is 5.91 Å². The van der Waals surface area contributed by atoms with Gasteiger partial charge in [-0.25, -0.2) is 0 Å². The molecule has 1 aromatic heterocycles. The molecule has 2 heterocycles. The number of ether oxygens (including phenoxy) is 1. The molecule has 6 heteroatoms. The van der Waals surface area contributed by atoms with E-state index in [2.05, 4.69) is 22.4 Å². The maximum atomic E-state index is 13.1. The van der Waals surface area contributed by atoms with Crippen LogP contribution in [0, 0.1) is 12.8 Å². The second kappa shape index (κ2) is 8.86. The third kappa shape index (κ3) is 4.00. The minimum absolute atomic E-state index is 0.0858. The molecule has 1 amide bonds. The molecule has 1 aliphatic heterocycles. The standard InChI is InChI=1S/C28H26N2O4/c1-18-25(8-5-13-29-18)30-26(32)20-9-10-23-21(14-20)17-34-27(33)24-15-22(31)11-12-28(23,24)16-19-6-3-2-4-7-19/h2-10,13-14,24H,11-12,15-17H2,1H3,(H,30,32). The molecule has 34 heavy (non-hydrogen) atoms. The summed E-state index contributed by atoms with van der Waals surface area (Å²) in [5.74, 6) is -1.02. The number of aryl methyl sites for hydroxylation is 1. The first kappa shape index (κ1) is 22.0. The van der Waals surface area contributed by atoms with Crippen LogP contribution in [0.25, 0.3) is 0 Å². The quantitative estimate of drug-likeness (QED) is 0.585. The number of benzene rings is 2. The van der Waals surface area contributed by atoms with Crippen LogP contribution < -0.4 is 5.32 Å². The lowest BCUT2D eigenvalue weighted by Gasteiger charge is -2.42. The van der Waals surface area contributed by atoms with Gasteiger partial charge < -0.3 is 10.1 Å². The predicted octanol–water partition coefficient (Wildman–Crippen LogP) is 4.55. The van der Waals surface area contributed by atoms with E-state index < -0.39 is 11.3 Å². The number of fused-ring (bicyclic) bond motifs is 3. The van der Waals surface area contributed by atoms with Gasteiger partial charge in [0, 0.05) is 30.0 Å². The van der Waals surface area contributed by atoms with Crippen molar-refractivity contribution in [2.45, 2.75) is 44.6 Å². The molecule has 1 N–H and O–H groups in total. The first-order chi connectivity index (χ1) is 16.5. The number of esters is 1. The zero-order chi connectivity index (χ0) is 23.7. The molecule has 6 nitrogen and oxygen atoms in total. The maximum Gasteiger partial charge on any atom is 0.310 e. The lowest BCUT2D eigenvalue weighted by molar-refractivity contribution is -0.155. The van der Waals surface area contributed by atoms with Gasteiger partial charge in [-0.3, -0.25) is 19.4 Å². The highest BCUT2D eigenvalue weighted by molar-refractivity contribution is 6.04. The van der Waals surface area contributed by atoms with Crippen LogP contribution >= 0.6 is 0 Å². The number of cyclic esters (lactones) is 1. The monoisotopic (exact) mass is 454 g/mol. The number of nitrogens with one attached hydrogen (secondary N) is 1. The molecule has 5 rings (SSSR count). The normalized spacial score (nSPS) is 21.6. The number of aromatic nitrogens is 1. The van der Waals surface area contributed by atoms with E-state index in [0.717, 1.165) is 22.4 Å². The fourth-order valence-corrected chi connectivity index (χ4v) is 5.36. The zero-order valence-electron chi connectivity index (χ0n) is 19.0. The van der Waals surface area contributed by atoms with E-state index in [-0.39, 0.29) is 30.7 Å². The van der Waals surface area contributed by atoms with Crippen LogP contribution in [0.4, 0.5) is 5.69 Å². The third-order valence-electron chi connectivity index (χ3n) is 7.12. The fraction of sp³-hybridized carbons (Fsp3) is 0.286. The van der Waals surface area contributed by atoms with E-state index in [9.17, 15) is 14.4 Å². The number of carbonyl (C=O) groups excluding carboxylic acids is 3. The van der Waals surface area contributed by atoms with E-state index in [0.29, 0.717) is 30.5 Å². The van der Waals surface area contributed by atoms with Crippen molar-refractivity contribution < 1.29 is 19.1 Å². The van der Waals surface area contributed by atoms with Crippen molar-refractivity contribution in [2.24, 2.45) is 5.92 Å². The summed E-state index contributed by atoms with van der Waals surface area (Å²) in [6.45, 7) is 1.92. The summed E-state index contributed by atoms with van der Waals surface area (Å²) in [5, 5.41) is 2.92. The van der Waals surface area contributed by atoms with Crippen molar-refractivity contribution in [2.75, 3.05) is 5.32 Å². The number of hydrogen-bond acceptors (Lipinski definition) is 5. The summed E-state index contributed by atoms with van der Waals surface area (Å²) >= 11 is 0. The molecular weight excluding hydrogens is 428 g/mol. The van der Waals surface area contributed by atoms with E-state index in [1.807, 2.05) is 43.3 Å². The van der Waals surface area contributed by atoms with Crippen LogP contribution in [0.3, 0.4) is 0 Å². The van der Waals surface area contributed by atoms with Gasteiger partial charge in [0.1, 0.15) is 12.4 Å². The van der Waals surface area contributed by atoms with Gasteiger partial charge in [0.15, 0.2) is 0 Å². The molecule has 172 valence electrons. The Bertz CT molecular complexity index is 1270. The molecule has 3 aromatic rings. The van der Waals surface area contributed by atoms with Crippen molar-refractivity contribution in [1.29, 1.82) is 0 Å². The Morgan fingerprint density at radius 3 is 2.74 bits per heavy atom. The van der Waals surface area contributed by atoms with Crippen molar-refractivity contribution in [3.63, 3.8) is 0 Å². The van der Waals surface area contributed by atoms with Gasteiger partial charge in [-0.05, 0) is 60.7 Å². The van der Waals surface area contributed by atoms with Crippen LogP contribution in [0.5, 0.6) is 0 Å². The topological polar surface area (TPSA) is 85.4 Å². The number of Topliss-reactive ketones (excluding diaryl/α,β-unsaturated/α-hetero) is 1. The molecule has 2 unspecified atom stereocenters. The summed E-state index contributed by atoms with van der Waals surface area (Å²) in [6, 6.07) is 19.2. The van der Waals surface area contributed by atoms with Crippen molar-refractivity contribution in [3.8, 4) is 0 Å². The number of hydrogen-bond donors (Lipinski definition) is 1. The van der Waals surface area contributed by atoms with Gasteiger partial charge >= 0.3 is 5.97 Å². The highest BCUT2D eigenvalue weighted by Crippen LogP contribution is 2.49. The Morgan fingerprint density at radius 2 is 1.94 bits per heavy atom. The van der Waals surface area contributed by atoms with Gasteiger partial charge in [0.05, 0.1) is 17.3 Å². The highest BCUT2D eigenvalue weighted by Gasteiger charge is 2.51. The number of carbonyl (C=O) groups is 3.